The Labute approximate surface area is 210 Å². The lowest BCUT2D eigenvalue weighted by Crippen LogP contribution is -2.38. The molecule has 0 aliphatic carbocycles. The van der Waals surface area contributed by atoms with Crippen LogP contribution in [0.25, 0.3) is 10.9 Å². The van der Waals surface area contributed by atoms with E-state index in [2.05, 4.69) is 0 Å². The van der Waals surface area contributed by atoms with Gasteiger partial charge in [0.1, 0.15) is 5.82 Å². The van der Waals surface area contributed by atoms with Crippen molar-refractivity contribution in [1.29, 1.82) is 0 Å². The second-order valence-electron chi connectivity index (χ2n) is 10.3. The molecule has 8 heteroatoms. The number of piperidine rings is 1. The zero-order valence-electron chi connectivity index (χ0n) is 21.0. The van der Waals surface area contributed by atoms with Crippen molar-refractivity contribution in [2.75, 3.05) is 13.1 Å². The number of amides is 2. The zero-order valence-corrected chi connectivity index (χ0v) is 21.0. The molecule has 1 aliphatic rings. The summed E-state index contributed by atoms with van der Waals surface area (Å²) in [7, 11) is 0. The molecule has 1 aliphatic heterocycles. The molecule has 1 N–H and O–H groups in total. The van der Waals surface area contributed by atoms with Gasteiger partial charge >= 0.3 is 0 Å². The summed E-state index contributed by atoms with van der Waals surface area (Å²) in [5, 5.41) is 11.1. The largest absolute Gasteiger partial charge is 0.390 e. The van der Waals surface area contributed by atoms with E-state index in [0.717, 1.165) is 17.8 Å². The molecule has 0 atom stereocenters. The van der Waals surface area contributed by atoms with E-state index in [4.69, 9.17) is 0 Å². The van der Waals surface area contributed by atoms with E-state index in [1.54, 1.807) is 24.8 Å². The number of aromatic nitrogens is 1. The second kappa shape index (κ2) is 10.4. The Morgan fingerprint density at radius 1 is 1.14 bits per heavy atom. The maximum atomic E-state index is 14.6. The standard InChI is InChI=1S/C28H33F2N3O3/c1-19(34)33(30)17-20-8-9-25(29)23(16-20)21-10-13-31(14-11-21)27(35)24-18-32(15-12-28(2,3)36)26-7-5-4-6-22(24)26/h4-9,16,18,21,36H,10-15,17H2,1-3H3. The highest BCUT2D eigenvalue weighted by atomic mass is 19.2. The first-order chi connectivity index (χ1) is 17.0. The zero-order chi connectivity index (χ0) is 26.0. The number of rotatable bonds is 7. The number of hydrogen-bond acceptors (Lipinski definition) is 3. The normalized spacial score (nSPS) is 14.9. The Kier molecular flexibility index (Phi) is 7.45. The summed E-state index contributed by atoms with van der Waals surface area (Å²) < 4.78 is 30.4. The number of fused-ring (bicyclic) bond motifs is 1. The van der Waals surface area contributed by atoms with Crippen LogP contribution < -0.4 is 0 Å². The summed E-state index contributed by atoms with van der Waals surface area (Å²) in [5.41, 5.74) is 1.80. The number of nitrogens with zero attached hydrogens (tertiary/aromatic N) is 3. The molecule has 1 saturated heterocycles. The lowest BCUT2D eigenvalue weighted by molar-refractivity contribution is -0.145. The Bertz CT molecular complexity index is 1260. The Morgan fingerprint density at radius 3 is 2.50 bits per heavy atom. The summed E-state index contributed by atoms with van der Waals surface area (Å²) in [6, 6.07) is 12.2. The van der Waals surface area contributed by atoms with Gasteiger partial charge in [0.15, 0.2) is 0 Å². The molecule has 0 bridgehead atoms. The van der Waals surface area contributed by atoms with Gasteiger partial charge < -0.3 is 14.6 Å². The third kappa shape index (κ3) is 5.75. The van der Waals surface area contributed by atoms with Crippen molar-refractivity contribution >= 4 is 22.7 Å². The number of halogens is 2. The number of aryl methyl sites for hydroxylation is 1. The third-order valence-corrected chi connectivity index (χ3v) is 6.93. The van der Waals surface area contributed by atoms with E-state index >= 15 is 0 Å². The van der Waals surface area contributed by atoms with Crippen LogP contribution in [0.4, 0.5) is 8.87 Å². The van der Waals surface area contributed by atoms with E-state index in [-0.39, 0.29) is 29.3 Å². The number of benzene rings is 2. The van der Waals surface area contributed by atoms with Crippen LogP contribution in [0.5, 0.6) is 0 Å². The lowest BCUT2D eigenvalue weighted by Gasteiger charge is -2.32. The number of hydrogen-bond donors (Lipinski definition) is 1. The van der Waals surface area contributed by atoms with Gasteiger partial charge in [0, 0.05) is 43.7 Å². The Balaban J connectivity index is 1.48. The number of likely N-dealkylation sites (tertiary alicyclic amines) is 1. The van der Waals surface area contributed by atoms with E-state index in [9.17, 15) is 23.6 Å². The predicted octanol–water partition coefficient (Wildman–Crippen LogP) is 5.19. The summed E-state index contributed by atoms with van der Waals surface area (Å²) in [5.74, 6) is -1.20. The molecule has 6 nitrogen and oxygen atoms in total. The highest BCUT2D eigenvalue weighted by molar-refractivity contribution is 6.07. The van der Waals surface area contributed by atoms with Gasteiger partial charge in [0.05, 0.1) is 17.7 Å². The first kappa shape index (κ1) is 25.8. The van der Waals surface area contributed by atoms with Gasteiger partial charge in [0.25, 0.3) is 5.91 Å². The molecule has 36 heavy (non-hydrogen) atoms. The van der Waals surface area contributed by atoms with Crippen LogP contribution in [0.2, 0.25) is 0 Å². The Hall–Kier alpha value is -3.26. The first-order valence-corrected chi connectivity index (χ1v) is 12.4. The summed E-state index contributed by atoms with van der Waals surface area (Å²) in [4.78, 5) is 26.5. The van der Waals surface area contributed by atoms with E-state index in [0.29, 0.717) is 55.6 Å². The van der Waals surface area contributed by atoms with Crippen molar-refractivity contribution in [1.82, 2.24) is 14.6 Å². The lowest BCUT2D eigenvalue weighted by atomic mass is 9.88. The molecular weight excluding hydrogens is 464 g/mol. The number of carbonyl (C=O) groups is 2. The Morgan fingerprint density at radius 2 is 1.83 bits per heavy atom. The van der Waals surface area contributed by atoms with Crippen LogP contribution >= 0.6 is 0 Å². The first-order valence-electron chi connectivity index (χ1n) is 12.4. The highest BCUT2D eigenvalue weighted by Gasteiger charge is 2.28. The topological polar surface area (TPSA) is 65.8 Å². The molecule has 0 saturated carbocycles. The van der Waals surface area contributed by atoms with Crippen LogP contribution in [-0.2, 0) is 17.9 Å². The fourth-order valence-corrected chi connectivity index (χ4v) is 4.84. The molecule has 192 valence electrons. The molecule has 0 spiro atoms. The van der Waals surface area contributed by atoms with Crippen LogP contribution in [-0.4, -0.2) is 50.2 Å². The van der Waals surface area contributed by atoms with Crippen molar-refractivity contribution in [2.45, 2.75) is 64.6 Å². The molecule has 4 rings (SSSR count). The van der Waals surface area contributed by atoms with Gasteiger partial charge in [-0.1, -0.05) is 34.8 Å². The molecule has 2 aromatic carbocycles. The molecule has 1 fully saturated rings. The van der Waals surface area contributed by atoms with Crippen molar-refractivity contribution in [3.8, 4) is 0 Å². The maximum Gasteiger partial charge on any atom is 0.256 e. The minimum Gasteiger partial charge on any atom is -0.390 e. The van der Waals surface area contributed by atoms with Crippen LogP contribution in [0.1, 0.15) is 67.4 Å². The smallest absolute Gasteiger partial charge is 0.256 e. The SMILES string of the molecule is CC(=O)N(F)Cc1ccc(F)c(C2CCN(C(=O)c3cn(CCC(C)(C)O)c4ccccc34)CC2)c1. The number of aliphatic hydroxyl groups is 1. The molecule has 2 amide bonds. The van der Waals surface area contributed by atoms with Crippen LogP contribution in [0, 0.1) is 5.82 Å². The minimum absolute atomic E-state index is 0.0598. The van der Waals surface area contributed by atoms with Gasteiger partial charge in [-0.2, -0.15) is 5.12 Å². The molecule has 0 radical (unpaired) electrons. The monoisotopic (exact) mass is 497 g/mol. The molecule has 3 aromatic rings. The highest BCUT2D eigenvalue weighted by Crippen LogP contribution is 2.32. The van der Waals surface area contributed by atoms with Crippen molar-refractivity contribution < 1.29 is 23.6 Å². The number of carbonyl (C=O) groups excluding carboxylic acids is 2. The number of para-hydroxylation sites is 1. The second-order valence-corrected chi connectivity index (χ2v) is 10.3. The fourth-order valence-electron chi connectivity index (χ4n) is 4.84. The van der Waals surface area contributed by atoms with Crippen molar-refractivity contribution in [3.63, 3.8) is 0 Å². The maximum absolute atomic E-state index is 14.6. The van der Waals surface area contributed by atoms with Gasteiger partial charge in [-0.05, 0) is 62.3 Å². The van der Waals surface area contributed by atoms with Gasteiger partial charge in [0.2, 0.25) is 5.91 Å². The van der Waals surface area contributed by atoms with Crippen molar-refractivity contribution in [3.05, 3.63) is 71.2 Å². The molecule has 0 unspecified atom stereocenters. The summed E-state index contributed by atoms with van der Waals surface area (Å²) in [6.45, 7) is 6.02. The van der Waals surface area contributed by atoms with E-state index < -0.39 is 11.5 Å². The fraction of sp³-hybridized carbons (Fsp3) is 0.429. The van der Waals surface area contributed by atoms with Gasteiger partial charge in [-0.15, -0.1) is 0 Å². The molecule has 2 heterocycles. The average molecular weight is 498 g/mol. The third-order valence-electron chi connectivity index (χ3n) is 6.93. The minimum atomic E-state index is -0.807. The van der Waals surface area contributed by atoms with E-state index in [1.165, 1.54) is 12.1 Å². The summed E-state index contributed by atoms with van der Waals surface area (Å²) in [6.07, 6.45) is 3.61. The summed E-state index contributed by atoms with van der Waals surface area (Å²) >= 11 is 0. The van der Waals surface area contributed by atoms with E-state index in [1.807, 2.05) is 35.0 Å². The van der Waals surface area contributed by atoms with Crippen LogP contribution in [0.3, 0.4) is 0 Å². The van der Waals surface area contributed by atoms with Crippen molar-refractivity contribution in [2.24, 2.45) is 0 Å². The molecular formula is C28H33F2N3O3. The van der Waals surface area contributed by atoms with Crippen LogP contribution in [0.15, 0.2) is 48.7 Å². The average Bonchev–Trinajstić information content (AvgIpc) is 3.22. The predicted molar refractivity (Wildman–Crippen MR) is 134 cm³/mol. The molecule has 1 aromatic heterocycles. The quantitative estimate of drug-likeness (QED) is 0.457. The van der Waals surface area contributed by atoms with Gasteiger partial charge in [-0.3, -0.25) is 9.59 Å². The van der Waals surface area contributed by atoms with Gasteiger partial charge in [-0.25, -0.2) is 4.39 Å².